The van der Waals surface area contributed by atoms with Crippen molar-refractivity contribution in [3.63, 3.8) is 0 Å². The van der Waals surface area contributed by atoms with Crippen molar-refractivity contribution in [3.8, 4) is 0 Å². The third kappa shape index (κ3) is 8.85. The molecule has 5 N–H and O–H groups in total. The van der Waals surface area contributed by atoms with Crippen molar-refractivity contribution in [3.05, 3.63) is 18.0 Å². The molecule has 0 amide bonds. The molecule has 2 aliphatic heterocycles. The van der Waals surface area contributed by atoms with Crippen molar-refractivity contribution < 1.29 is 27.9 Å². The number of likely N-dealkylation sites (tertiary alicyclic amines) is 1. The fourth-order valence-corrected chi connectivity index (χ4v) is 6.15. The van der Waals surface area contributed by atoms with Crippen LogP contribution in [0, 0.1) is 0 Å². The lowest BCUT2D eigenvalue weighted by Crippen LogP contribution is -2.41. The number of aliphatic hydroxyl groups is 1. The highest BCUT2D eigenvalue weighted by atomic mass is 32.2. The molecule has 0 bridgehead atoms. The van der Waals surface area contributed by atoms with Gasteiger partial charge in [-0.3, -0.25) is 9.25 Å². The van der Waals surface area contributed by atoms with Crippen molar-refractivity contribution >= 4 is 35.0 Å². The highest BCUT2D eigenvalue weighted by Crippen LogP contribution is 2.34. The number of hydrogen-bond acceptors (Lipinski definition) is 12. The summed E-state index contributed by atoms with van der Waals surface area (Å²) >= 11 is 0. The van der Waals surface area contributed by atoms with E-state index in [0.29, 0.717) is 62.4 Å². The molecule has 38 heavy (non-hydrogen) atoms. The zero-order chi connectivity index (χ0) is 27.2. The number of aromatic nitrogens is 5. The van der Waals surface area contributed by atoms with Crippen molar-refractivity contribution in [1.82, 2.24) is 29.9 Å². The Morgan fingerprint density at radius 3 is 2.50 bits per heavy atom. The van der Waals surface area contributed by atoms with Gasteiger partial charge >= 0.3 is 7.60 Å². The van der Waals surface area contributed by atoms with E-state index in [9.17, 15) is 13.0 Å². The van der Waals surface area contributed by atoms with Crippen molar-refractivity contribution in [2.45, 2.75) is 38.4 Å². The van der Waals surface area contributed by atoms with Gasteiger partial charge in [0.2, 0.25) is 5.95 Å². The minimum atomic E-state index is -4.01. The number of aliphatic hydroxyl groups excluding tert-OH is 1. The maximum absolute atomic E-state index is 11.9. The molecule has 4 heterocycles. The van der Waals surface area contributed by atoms with E-state index in [2.05, 4.69) is 35.8 Å². The van der Waals surface area contributed by atoms with E-state index >= 15 is 0 Å². The monoisotopic (exact) mass is 573 g/mol. The minimum Gasteiger partial charge on any atom is -0.396 e. The van der Waals surface area contributed by atoms with Crippen molar-refractivity contribution in [2.24, 2.45) is 0 Å². The largest absolute Gasteiger partial charge is 0.396 e. The van der Waals surface area contributed by atoms with E-state index in [1.54, 1.807) is 10.9 Å². The quantitative estimate of drug-likeness (QED) is 0.201. The van der Waals surface area contributed by atoms with Gasteiger partial charge in [-0.25, -0.2) is 8.42 Å². The lowest BCUT2D eigenvalue weighted by Gasteiger charge is -2.33. The van der Waals surface area contributed by atoms with Crippen LogP contribution < -0.4 is 15.5 Å². The second-order valence-corrected chi connectivity index (χ2v) is 13.7. The molecular formula is C21H36N9O6PS. The summed E-state index contributed by atoms with van der Waals surface area (Å²) in [5.41, 5.74) is 0.693. The molecule has 15 nitrogen and oxygen atoms in total. The average Bonchev–Trinajstić information content (AvgIpc) is 3.33. The third-order valence-corrected chi connectivity index (χ3v) is 8.98. The fraction of sp³-hybridized carbons (Fsp3) is 0.714. The Labute approximate surface area is 221 Å². The number of sulfone groups is 1. The molecule has 0 saturated carbocycles. The molecule has 2 aromatic rings. The number of rotatable bonds is 12. The lowest BCUT2D eigenvalue weighted by atomic mass is 10.1. The Kier molecular flexibility index (Phi) is 9.54. The number of nitrogens with one attached hydrogen (secondary N) is 2. The van der Waals surface area contributed by atoms with E-state index in [1.807, 2.05) is 11.0 Å². The first kappa shape index (κ1) is 28.6. The molecule has 2 fully saturated rings. The summed E-state index contributed by atoms with van der Waals surface area (Å²) in [7, 11) is -7.05. The first-order valence-electron chi connectivity index (χ1n) is 12.7. The maximum Gasteiger partial charge on any atom is 0.326 e. The van der Waals surface area contributed by atoms with Crippen LogP contribution in [0.2, 0.25) is 0 Å². The van der Waals surface area contributed by atoms with E-state index in [0.717, 1.165) is 25.9 Å². The zero-order valence-corrected chi connectivity index (χ0v) is 22.9. The van der Waals surface area contributed by atoms with E-state index in [4.69, 9.17) is 14.9 Å². The van der Waals surface area contributed by atoms with Crippen LogP contribution in [-0.2, 0) is 27.5 Å². The molecule has 4 rings (SSSR count). The van der Waals surface area contributed by atoms with E-state index in [1.165, 1.54) is 0 Å². The van der Waals surface area contributed by atoms with Crippen molar-refractivity contribution in [2.75, 3.05) is 72.5 Å². The van der Waals surface area contributed by atoms with Gasteiger partial charge in [0.1, 0.15) is 17.3 Å². The summed E-state index contributed by atoms with van der Waals surface area (Å²) in [6, 6.07) is 1.96. The molecule has 2 aliphatic rings. The van der Waals surface area contributed by atoms with Gasteiger partial charge in [0, 0.05) is 58.0 Å². The molecular weight excluding hydrogens is 537 g/mol. The summed E-state index contributed by atoms with van der Waals surface area (Å²) in [5.74, 6) is 1.78. The van der Waals surface area contributed by atoms with Crippen LogP contribution in [0.4, 0.5) is 17.6 Å². The van der Waals surface area contributed by atoms with Crippen LogP contribution in [0.5, 0.6) is 0 Å². The van der Waals surface area contributed by atoms with Gasteiger partial charge < -0.3 is 35.3 Å². The van der Waals surface area contributed by atoms with E-state index < -0.39 is 17.4 Å². The van der Waals surface area contributed by atoms with Crippen LogP contribution in [0.3, 0.4) is 0 Å². The summed E-state index contributed by atoms with van der Waals surface area (Å²) in [6.45, 7) is 3.51. The van der Waals surface area contributed by atoms with Gasteiger partial charge in [-0.15, -0.1) is 5.10 Å². The molecule has 212 valence electrons. The first-order valence-corrected chi connectivity index (χ1v) is 16.3. The average molecular weight is 574 g/mol. The SMILES string of the molecule is O=P(O)(O)CCN1CCC(Nc2cc(N3CCS(=O)(=O)CC3)nc(NCc3cn(CCCO)nn3)n2)CC1. The highest BCUT2D eigenvalue weighted by Gasteiger charge is 2.25. The Morgan fingerprint density at radius 1 is 1.08 bits per heavy atom. The normalized spacial score (nSPS) is 19.0. The Bertz CT molecular complexity index is 1200. The van der Waals surface area contributed by atoms with Crippen LogP contribution >= 0.6 is 7.60 Å². The predicted molar refractivity (Wildman–Crippen MR) is 142 cm³/mol. The van der Waals surface area contributed by atoms with Gasteiger partial charge in [0.05, 0.1) is 30.4 Å². The van der Waals surface area contributed by atoms with Gasteiger partial charge in [-0.05, 0) is 19.3 Å². The Morgan fingerprint density at radius 2 is 1.82 bits per heavy atom. The third-order valence-electron chi connectivity index (χ3n) is 6.59. The second-order valence-electron chi connectivity index (χ2n) is 9.63. The second kappa shape index (κ2) is 12.7. The molecule has 0 atom stereocenters. The first-order chi connectivity index (χ1) is 18.1. The molecule has 2 aromatic heterocycles. The summed E-state index contributed by atoms with van der Waals surface area (Å²) in [4.78, 5) is 31.5. The molecule has 0 aliphatic carbocycles. The molecule has 0 radical (unpaired) electrons. The maximum atomic E-state index is 11.9. The number of hydrogen-bond donors (Lipinski definition) is 5. The number of anilines is 3. The summed E-state index contributed by atoms with van der Waals surface area (Å²) in [5, 5.41) is 23.8. The van der Waals surface area contributed by atoms with Gasteiger partial charge in [-0.1, -0.05) is 5.21 Å². The standard InChI is InChI=1S/C21H36N9O6PS/c31-10-1-4-30-16-18(26-27-30)15-22-21-24-19(14-20(25-21)29-8-12-38(35,36)13-9-29)23-17-2-5-28(6-3-17)7-11-37(32,33)34/h14,16-17,31H,1-13,15H2,(H2,32,33,34)(H2,22,23,24,25). The number of aryl methyl sites for hydroxylation is 1. The molecule has 0 aromatic carbocycles. The smallest absolute Gasteiger partial charge is 0.326 e. The number of piperidine rings is 1. The fourth-order valence-electron chi connectivity index (χ4n) is 4.40. The predicted octanol–water partition coefficient (Wildman–Crippen LogP) is -0.649. The van der Waals surface area contributed by atoms with Crippen LogP contribution in [0.15, 0.2) is 12.3 Å². The van der Waals surface area contributed by atoms with E-state index in [-0.39, 0.29) is 30.3 Å². The summed E-state index contributed by atoms with van der Waals surface area (Å²) in [6.07, 6.45) is 3.83. The van der Waals surface area contributed by atoms with Crippen LogP contribution in [0.1, 0.15) is 25.0 Å². The highest BCUT2D eigenvalue weighted by molar-refractivity contribution is 7.91. The number of nitrogens with zero attached hydrogens (tertiary/aromatic N) is 7. The van der Waals surface area contributed by atoms with Crippen LogP contribution in [0.25, 0.3) is 0 Å². The van der Waals surface area contributed by atoms with Gasteiger partial charge in [-0.2, -0.15) is 9.97 Å². The molecule has 2 saturated heterocycles. The zero-order valence-electron chi connectivity index (χ0n) is 21.2. The van der Waals surface area contributed by atoms with Crippen LogP contribution in [-0.4, -0.2) is 116 Å². The molecule has 17 heteroatoms. The van der Waals surface area contributed by atoms with Gasteiger partial charge in [0.15, 0.2) is 9.84 Å². The Hall–Kier alpha value is -2.36. The molecule has 0 spiro atoms. The summed E-state index contributed by atoms with van der Waals surface area (Å²) < 4.78 is 36.7. The molecule has 0 unspecified atom stereocenters. The minimum absolute atomic E-state index is 0.0759. The Balaban J connectivity index is 1.41. The van der Waals surface area contributed by atoms with Crippen molar-refractivity contribution in [1.29, 1.82) is 0 Å². The van der Waals surface area contributed by atoms with Gasteiger partial charge in [0.25, 0.3) is 0 Å². The lowest BCUT2D eigenvalue weighted by molar-refractivity contribution is 0.226. The topological polar surface area (TPSA) is 199 Å².